The van der Waals surface area contributed by atoms with Crippen LogP contribution < -0.4 is 11.1 Å². The quantitative estimate of drug-likeness (QED) is 0.870. The zero-order chi connectivity index (χ0) is 13.7. The Morgan fingerprint density at radius 1 is 1.32 bits per heavy atom. The maximum Gasteiger partial charge on any atom is 0.271 e. The molecule has 0 bridgehead atoms. The van der Waals surface area contributed by atoms with E-state index in [2.05, 4.69) is 22.2 Å². The molecule has 1 heterocycles. The summed E-state index contributed by atoms with van der Waals surface area (Å²) in [6.45, 7) is 2.60. The van der Waals surface area contributed by atoms with Crippen molar-refractivity contribution in [3.05, 3.63) is 54.0 Å². The van der Waals surface area contributed by atoms with Crippen molar-refractivity contribution in [2.75, 3.05) is 12.3 Å². The number of anilines is 1. The lowest BCUT2D eigenvalue weighted by molar-refractivity contribution is 0.0946. The third-order valence-corrected chi connectivity index (χ3v) is 2.82. The highest BCUT2D eigenvalue weighted by Crippen LogP contribution is 2.13. The Bertz CT molecular complexity index is 556. The van der Waals surface area contributed by atoms with Crippen LogP contribution in [0, 0.1) is 0 Å². The van der Waals surface area contributed by atoms with Crippen LogP contribution in [0.5, 0.6) is 0 Å². The predicted octanol–water partition coefficient (Wildman–Crippen LogP) is 1.59. The molecule has 2 aromatic rings. The van der Waals surface area contributed by atoms with Crippen LogP contribution in [0.3, 0.4) is 0 Å². The van der Waals surface area contributed by atoms with E-state index in [1.54, 1.807) is 0 Å². The fourth-order valence-corrected chi connectivity index (χ4v) is 1.73. The molecule has 5 nitrogen and oxygen atoms in total. The maximum absolute atomic E-state index is 11.9. The van der Waals surface area contributed by atoms with Crippen LogP contribution in [0.1, 0.15) is 28.9 Å². The van der Waals surface area contributed by atoms with Crippen molar-refractivity contribution in [1.29, 1.82) is 0 Å². The van der Waals surface area contributed by atoms with Gasteiger partial charge in [0.2, 0.25) is 0 Å². The van der Waals surface area contributed by atoms with Crippen molar-refractivity contribution in [3.8, 4) is 0 Å². The fraction of sp³-hybridized carbons (Fsp3) is 0.214. The van der Waals surface area contributed by atoms with Gasteiger partial charge in [-0.3, -0.25) is 9.78 Å². The standard InChI is InChI=1S/C14H16N4O/c1-10(11-5-3-2-4-6-11)7-17-14(19)12-8-16-9-13(15)18-12/h2-6,8-10H,7H2,1H3,(H2,15,18)(H,17,19). The third-order valence-electron chi connectivity index (χ3n) is 2.82. The molecular formula is C14H16N4O. The first-order valence-electron chi connectivity index (χ1n) is 6.07. The average molecular weight is 256 g/mol. The molecular weight excluding hydrogens is 240 g/mol. The van der Waals surface area contributed by atoms with Crippen molar-refractivity contribution in [2.24, 2.45) is 0 Å². The summed E-state index contributed by atoms with van der Waals surface area (Å²) in [6.07, 6.45) is 2.81. The molecule has 0 radical (unpaired) electrons. The Kier molecular flexibility index (Phi) is 4.07. The van der Waals surface area contributed by atoms with Gasteiger partial charge in [-0.1, -0.05) is 37.3 Å². The first-order chi connectivity index (χ1) is 9.16. The summed E-state index contributed by atoms with van der Waals surface area (Å²) in [5.41, 5.74) is 6.91. The molecule has 0 aliphatic heterocycles. The van der Waals surface area contributed by atoms with E-state index in [1.165, 1.54) is 18.0 Å². The van der Waals surface area contributed by atoms with Crippen molar-refractivity contribution in [3.63, 3.8) is 0 Å². The van der Waals surface area contributed by atoms with Crippen LogP contribution in [0.25, 0.3) is 0 Å². The number of nitrogens with one attached hydrogen (secondary N) is 1. The minimum absolute atomic E-state index is 0.235. The number of aromatic nitrogens is 2. The van der Waals surface area contributed by atoms with Gasteiger partial charge in [-0.15, -0.1) is 0 Å². The Hall–Kier alpha value is -2.43. The van der Waals surface area contributed by atoms with Gasteiger partial charge in [0.1, 0.15) is 11.5 Å². The van der Waals surface area contributed by atoms with Gasteiger partial charge in [0.25, 0.3) is 5.91 Å². The number of nitrogens with zero attached hydrogens (tertiary/aromatic N) is 2. The molecule has 0 spiro atoms. The second kappa shape index (κ2) is 5.95. The van der Waals surface area contributed by atoms with E-state index in [-0.39, 0.29) is 23.3 Å². The zero-order valence-electron chi connectivity index (χ0n) is 10.7. The highest BCUT2D eigenvalue weighted by Gasteiger charge is 2.10. The van der Waals surface area contributed by atoms with Crippen LogP contribution in [-0.4, -0.2) is 22.4 Å². The molecule has 5 heteroatoms. The zero-order valence-corrected chi connectivity index (χ0v) is 10.7. The Morgan fingerprint density at radius 2 is 2.05 bits per heavy atom. The highest BCUT2D eigenvalue weighted by atomic mass is 16.1. The second-order valence-corrected chi connectivity index (χ2v) is 4.35. The lowest BCUT2D eigenvalue weighted by Gasteiger charge is -2.12. The molecule has 0 saturated heterocycles. The van der Waals surface area contributed by atoms with E-state index < -0.39 is 0 Å². The predicted molar refractivity (Wildman–Crippen MR) is 73.6 cm³/mol. The molecule has 0 fully saturated rings. The molecule has 0 saturated carbocycles. The van der Waals surface area contributed by atoms with Crippen molar-refractivity contribution < 1.29 is 4.79 Å². The summed E-state index contributed by atoms with van der Waals surface area (Å²) in [5, 5.41) is 2.83. The second-order valence-electron chi connectivity index (χ2n) is 4.35. The number of rotatable bonds is 4. The number of benzene rings is 1. The number of hydrogen-bond acceptors (Lipinski definition) is 4. The van der Waals surface area contributed by atoms with Crippen molar-refractivity contribution in [1.82, 2.24) is 15.3 Å². The SMILES string of the molecule is CC(CNC(=O)c1cncc(N)n1)c1ccccc1. The highest BCUT2D eigenvalue weighted by molar-refractivity contribution is 5.92. The van der Waals surface area contributed by atoms with E-state index in [4.69, 9.17) is 5.73 Å². The number of carbonyl (C=O) groups is 1. The summed E-state index contributed by atoms with van der Waals surface area (Å²) in [5.74, 6) is 0.213. The van der Waals surface area contributed by atoms with Crippen LogP contribution in [-0.2, 0) is 0 Å². The molecule has 1 unspecified atom stereocenters. The average Bonchev–Trinajstić information content (AvgIpc) is 2.45. The van der Waals surface area contributed by atoms with Crippen molar-refractivity contribution >= 4 is 11.7 Å². The lowest BCUT2D eigenvalue weighted by Crippen LogP contribution is -2.28. The lowest BCUT2D eigenvalue weighted by atomic mass is 10.0. The number of carbonyl (C=O) groups excluding carboxylic acids is 1. The summed E-state index contributed by atoms with van der Waals surface area (Å²) in [6, 6.07) is 10.0. The van der Waals surface area contributed by atoms with E-state index in [1.807, 2.05) is 30.3 Å². The minimum atomic E-state index is -0.261. The van der Waals surface area contributed by atoms with Gasteiger partial charge in [-0.2, -0.15) is 0 Å². The normalized spacial score (nSPS) is 11.8. The van der Waals surface area contributed by atoms with E-state index in [9.17, 15) is 4.79 Å². The topological polar surface area (TPSA) is 80.9 Å². The third kappa shape index (κ3) is 3.51. The van der Waals surface area contributed by atoms with Gasteiger partial charge in [0, 0.05) is 6.54 Å². The summed E-state index contributed by atoms with van der Waals surface area (Å²) >= 11 is 0. The Labute approximate surface area is 111 Å². The van der Waals surface area contributed by atoms with Crippen LogP contribution >= 0.6 is 0 Å². The smallest absolute Gasteiger partial charge is 0.271 e. The molecule has 3 N–H and O–H groups in total. The summed E-state index contributed by atoms with van der Waals surface area (Å²) < 4.78 is 0. The van der Waals surface area contributed by atoms with Crippen LogP contribution in [0.2, 0.25) is 0 Å². The molecule has 1 amide bonds. The first-order valence-corrected chi connectivity index (χ1v) is 6.07. The summed E-state index contributed by atoms with van der Waals surface area (Å²) in [7, 11) is 0. The van der Waals surface area contributed by atoms with Gasteiger partial charge in [-0.25, -0.2) is 4.98 Å². The van der Waals surface area contributed by atoms with Crippen LogP contribution in [0.15, 0.2) is 42.7 Å². The van der Waals surface area contributed by atoms with Gasteiger partial charge in [0.15, 0.2) is 0 Å². The van der Waals surface area contributed by atoms with Crippen LogP contribution in [0.4, 0.5) is 5.82 Å². The molecule has 98 valence electrons. The van der Waals surface area contributed by atoms with Gasteiger partial charge < -0.3 is 11.1 Å². The van der Waals surface area contributed by atoms with Gasteiger partial charge in [0.05, 0.1) is 12.4 Å². The van der Waals surface area contributed by atoms with Gasteiger partial charge in [-0.05, 0) is 11.5 Å². The molecule has 19 heavy (non-hydrogen) atoms. The monoisotopic (exact) mass is 256 g/mol. The molecule has 1 aromatic carbocycles. The first kappa shape index (κ1) is 13.0. The maximum atomic E-state index is 11.9. The molecule has 2 rings (SSSR count). The summed E-state index contributed by atoms with van der Waals surface area (Å²) in [4.78, 5) is 19.6. The molecule has 0 aliphatic carbocycles. The van der Waals surface area contributed by atoms with E-state index in [0.29, 0.717) is 6.54 Å². The van der Waals surface area contributed by atoms with E-state index in [0.717, 1.165) is 0 Å². The minimum Gasteiger partial charge on any atom is -0.382 e. The Morgan fingerprint density at radius 3 is 2.74 bits per heavy atom. The fourth-order valence-electron chi connectivity index (χ4n) is 1.73. The molecule has 0 aliphatic rings. The van der Waals surface area contributed by atoms with Gasteiger partial charge >= 0.3 is 0 Å². The Balaban J connectivity index is 1.94. The number of nitrogens with two attached hydrogens (primary N) is 1. The van der Waals surface area contributed by atoms with Crippen molar-refractivity contribution in [2.45, 2.75) is 12.8 Å². The largest absolute Gasteiger partial charge is 0.382 e. The number of hydrogen-bond donors (Lipinski definition) is 2. The number of amides is 1. The van der Waals surface area contributed by atoms with E-state index >= 15 is 0 Å². The molecule has 1 atom stereocenters. The number of nitrogen functional groups attached to an aromatic ring is 1. The molecule has 1 aromatic heterocycles.